The number of amides is 1. The van der Waals surface area contributed by atoms with Gasteiger partial charge in [0, 0.05) is 27.5 Å². The molecule has 0 N–H and O–H groups in total. The van der Waals surface area contributed by atoms with Crippen molar-refractivity contribution in [1.82, 2.24) is 4.90 Å². The van der Waals surface area contributed by atoms with Crippen LogP contribution in [0.1, 0.15) is 12.5 Å². The molecule has 0 atom stereocenters. The summed E-state index contributed by atoms with van der Waals surface area (Å²) >= 11 is 12.9. The lowest BCUT2D eigenvalue weighted by molar-refractivity contribution is -0.122. The second-order valence-electron chi connectivity index (χ2n) is 7.76. The summed E-state index contributed by atoms with van der Waals surface area (Å²) in [5, 5.41) is 2.34. The van der Waals surface area contributed by atoms with Crippen LogP contribution >= 0.6 is 51.1 Å². The van der Waals surface area contributed by atoms with E-state index in [0.29, 0.717) is 21.6 Å². The van der Waals surface area contributed by atoms with E-state index in [9.17, 15) is 4.79 Å². The van der Waals surface area contributed by atoms with Gasteiger partial charge >= 0.3 is 0 Å². The third kappa shape index (κ3) is 4.80. The first-order chi connectivity index (χ1) is 16.5. The molecule has 0 aromatic heterocycles. The molecule has 172 valence electrons. The Morgan fingerprint density at radius 3 is 2.56 bits per heavy atom. The van der Waals surface area contributed by atoms with Crippen molar-refractivity contribution in [3.63, 3.8) is 0 Å². The minimum Gasteiger partial charge on any atom is -0.334 e. The first kappa shape index (κ1) is 23.5. The van der Waals surface area contributed by atoms with Gasteiger partial charge in [0.25, 0.3) is 5.91 Å². The molecule has 0 saturated carbocycles. The van der Waals surface area contributed by atoms with Crippen LogP contribution in [0, 0.1) is 0 Å². The molecule has 0 radical (unpaired) electrons. The summed E-state index contributed by atoms with van der Waals surface area (Å²) in [5.41, 5.74) is 3.04. The number of hydrogen-bond donors (Lipinski definition) is 0. The van der Waals surface area contributed by atoms with Crippen LogP contribution in [0.15, 0.2) is 97.1 Å². The van der Waals surface area contributed by atoms with Crippen LogP contribution in [0.25, 0.3) is 0 Å². The number of thioether (sulfide) groups is 2. The molecule has 4 nitrogen and oxygen atoms in total. The van der Waals surface area contributed by atoms with Gasteiger partial charge in [-0.3, -0.25) is 9.69 Å². The SMILES string of the molecule is CCN1/C(=C2/SC(=Nc3cccc(Br)c3)N(CCc3ccccc3)C2=O)Sc2ccc(Cl)cc21. The first-order valence-electron chi connectivity index (χ1n) is 10.9. The number of nitrogens with zero attached hydrogens (tertiary/aromatic N) is 3. The number of carbonyl (C=O) groups is 1. The summed E-state index contributed by atoms with van der Waals surface area (Å²) in [7, 11) is 0. The maximum atomic E-state index is 13.8. The molecule has 0 bridgehead atoms. The van der Waals surface area contributed by atoms with E-state index in [1.54, 1.807) is 11.8 Å². The fourth-order valence-electron chi connectivity index (χ4n) is 3.90. The highest BCUT2D eigenvalue weighted by Crippen LogP contribution is 2.51. The zero-order chi connectivity index (χ0) is 23.7. The summed E-state index contributed by atoms with van der Waals surface area (Å²) in [6.45, 7) is 3.40. The van der Waals surface area contributed by atoms with Gasteiger partial charge in [0.1, 0.15) is 9.93 Å². The monoisotopic (exact) mass is 569 g/mol. The smallest absolute Gasteiger partial charge is 0.269 e. The number of benzene rings is 3. The molecule has 1 fully saturated rings. The second kappa shape index (κ2) is 10.2. The fraction of sp³-hybridized carbons (Fsp3) is 0.154. The number of carbonyl (C=O) groups excluding carboxylic acids is 1. The highest BCUT2D eigenvalue weighted by atomic mass is 79.9. The number of anilines is 1. The molecule has 3 aromatic carbocycles. The molecule has 0 spiro atoms. The van der Waals surface area contributed by atoms with Crippen LogP contribution in [0.2, 0.25) is 5.02 Å². The number of hydrogen-bond acceptors (Lipinski definition) is 5. The molecule has 1 amide bonds. The number of rotatable bonds is 5. The average Bonchev–Trinajstić information content (AvgIpc) is 3.34. The second-order valence-corrected chi connectivity index (χ2v) is 11.1. The van der Waals surface area contributed by atoms with E-state index >= 15 is 0 Å². The molecule has 34 heavy (non-hydrogen) atoms. The minimum atomic E-state index is -0.00506. The van der Waals surface area contributed by atoms with Crippen molar-refractivity contribution in [2.45, 2.75) is 18.2 Å². The Balaban J connectivity index is 1.52. The van der Waals surface area contributed by atoms with Crippen LogP contribution in [-0.2, 0) is 11.2 Å². The highest BCUT2D eigenvalue weighted by Gasteiger charge is 2.39. The van der Waals surface area contributed by atoms with Gasteiger partial charge in [-0.2, -0.15) is 0 Å². The van der Waals surface area contributed by atoms with Crippen molar-refractivity contribution >= 4 is 73.5 Å². The highest BCUT2D eigenvalue weighted by molar-refractivity contribution is 9.10. The van der Waals surface area contributed by atoms with Gasteiger partial charge in [0.2, 0.25) is 0 Å². The van der Waals surface area contributed by atoms with Gasteiger partial charge < -0.3 is 4.90 Å². The lowest BCUT2D eigenvalue weighted by Crippen LogP contribution is -2.32. The predicted octanol–water partition coefficient (Wildman–Crippen LogP) is 7.71. The van der Waals surface area contributed by atoms with Gasteiger partial charge in [-0.25, -0.2) is 4.99 Å². The quantitative estimate of drug-likeness (QED) is 0.294. The molecular formula is C26H21BrClN3OS2. The van der Waals surface area contributed by atoms with Crippen LogP contribution < -0.4 is 4.90 Å². The zero-order valence-electron chi connectivity index (χ0n) is 18.4. The van der Waals surface area contributed by atoms with Crippen LogP contribution in [0.4, 0.5) is 11.4 Å². The Hall–Kier alpha value is -2.19. The first-order valence-corrected chi connectivity index (χ1v) is 13.7. The van der Waals surface area contributed by atoms with E-state index in [1.807, 2.05) is 65.6 Å². The van der Waals surface area contributed by atoms with Crippen LogP contribution in [0.5, 0.6) is 0 Å². The Labute approximate surface area is 221 Å². The van der Waals surface area contributed by atoms with E-state index < -0.39 is 0 Å². The van der Waals surface area contributed by atoms with Crippen LogP contribution in [-0.4, -0.2) is 29.1 Å². The number of halogens is 2. The standard InChI is InChI=1S/C26H21BrClN3OS2/c1-2-30-21-16-19(28)11-12-22(21)33-25(30)23-24(32)31(14-13-17-7-4-3-5-8-17)26(34-23)29-20-10-6-9-18(27)15-20/h3-12,15-16H,2,13-14H2,1H3/b25-23-,29-26?. The Morgan fingerprint density at radius 2 is 1.79 bits per heavy atom. The summed E-state index contributed by atoms with van der Waals surface area (Å²) in [4.78, 5) is 24.4. The topological polar surface area (TPSA) is 35.9 Å². The molecule has 0 unspecified atom stereocenters. The molecule has 8 heteroatoms. The largest absolute Gasteiger partial charge is 0.334 e. The van der Waals surface area contributed by atoms with Crippen molar-refractivity contribution in [3.8, 4) is 0 Å². The molecule has 2 aliphatic rings. The molecule has 3 aromatic rings. The fourth-order valence-corrected chi connectivity index (χ4v) is 6.85. The lowest BCUT2D eigenvalue weighted by Gasteiger charge is -2.19. The van der Waals surface area contributed by atoms with E-state index in [-0.39, 0.29) is 5.91 Å². The van der Waals surface area contributed by atoms with E-state index in [1.165, 1.54) is 17.3 Å². The van der Waals surface area contributed by atoms with Crippen molar-refractivity contribution in [2.24, 2.45) is 4.99 Å². The van der Waals surface area contributed by atoms with Gasteiger partial charge in [-0.15, -0.1) is 0 Å². The molecule has 2 aliphatic heterocycles. The number of aliphatic imine (C=N–C) groups is 1. The zero-order valence-corrected chi connectivity index (χ0v) is 22.3. The van der Waals surface area contributed by atoms with Crippen molar-refractivity contribution in [3.05, 3.63) is 97.8 Å². The molecule has 1 saturated heterocycles. The Morgan fingerprint density at radius 1 is 0.971 bits per heavy atom. The normalized spacial score (nSPS) is 18.8. The van der Waals surface area contributed by atoms with E-state index in [2.05, 4.69) is 39.9 Å². The average molecular weight is 571 g/mol. The van der Waals surface area contributed by atoms with Gasteiger partial charge in [-0.1, -0.05) is 75.7 Å². The molecule has 2 heterocycles. The Kier molecular flexibility index (Phi) is 7.06. The molecule has 5 rings (SSSR count). The lowest BCUT2D eigenvalue weighted by atomic mass is 10.1. The summed E-state index contributed by atoms with van der Waals surface area (Å²) in [6, 6.07) is 23.9. The predicted molar refractivity (Wildman–Crippen MR) is 148 cm³/mol. The third-order valence-corrected chi connectivity index (χ3v) is 8.64. The maximum Gasteiger partial charge on any atom is 0.269 e. The molecular weight excluding hydrogens is 550 g/mol. The van der Waals surface area contributed by atoms with Crippen molar-refractivity contribution < 1.29 is 4.79 Å². The van der Waals surface area contributed by atoms with Gasteiger partial charge in [-0.05, 0) is 67.1 Å². The summed E-state index contributed by atoms with van der Waals surface area (Å²) in [5.74, 6) is -0.00506. The third-order valence-electron chi connectivity index (χ3n) is 5.54. The van der Waals surface area contributed by atoms with Crippen molar-refractivity contribution in [1.29, 1.82) is 0 Å². The minimum absolute atomic E-state index is 0.00506. The van der Waals surface area contributed by atoms with Gasteiger partial charge in [0.15, 0.2) is 5.17 Å². The number of fused-ring (bicyclic) bond motifs is 1. The van der Waals surface area contributed by atoms with Gasteiger partial charge in [0.05, 0.1) is 11.4 Å². The van der Waals surface area contributed by atoms with E-state index in [4.69, 9.17) is 16.6 Å². The Bertz CT molecular complexity index is 1310. The summed E-state index contributed by atoms with van der Waals surface area (Å²) in [6.07, 6.45) is 0.758. The van der Waals surface area contributed by atoms with Crippen molar-refractivity contribution in [2.75, 3.05) is 18.0 Å². The van der Waals surface area contributed by atoms with Crippen LogP contribution in [0.3, 0.4) is 0 Å². The maximum absolute atomic E-state index is 13.8. The molecule has 0 aliphatic carbocycles. The summed E-state index contributed by atoms with van der Waals surface area (Å²) < 4.78 is 0.953. The number of amidine groups is 1. The van der Waals surface area contributed by atoms with E-state index in [0.717, 1.165) is 38.7 Å².